The van der Waals surface area contributed by atoms with E-state index in [0.29, 0.717) is 16.5 Å². The summed E-state index contributed by atoms with van der Waals surface area (Å²) in [5.41, 5.74) is 1.98. The van der Waals surface area contributed by atoms with Crippen molar-refractivity contribution in [1.29, 1.82) is 0 Å². The van der Waals surface area contributed by atoms with Gasteiger partial charge in [0.2, 0.25) is 5.95 Å². The van der Waals surface area contributed by atoms with Crippen molar-refractivity contribution in [2.45, 2.75) is 6.92 Å². The first-order valence-electron chi connectivity index (χ1n) is 6.87. The standard InChI is InChI=1S/C16H13ClFN5/c1-10-11(17)5-4-8-13(10)21-16-22-15(9-19-23-16)20-14-7-3-2-6-12(14)18/h2-9H,1H3,(H2,20,21,22,23). The summed E-state index contributed by atoms with van der Waals surface area (Å²) in [6.07, 6.45) is 1.42. The highest BCUT2D eigenvalue weighted by molar-refractivity contribution is 6.31. The van der Waals surface area contributed by atoms with E-state index in [1.54, 1.807) is 24.3 Å². The van der Waals surface area contributed by atoms with Gasteiger partial charge in [0.1, 0.15) is 5.82 Å². The molecule has 0 aliphatic rings. The van der Waals surface area contributed by atoms with Crippen LogP contribution in [0.2, 0.25) is 5.02 Å². The molecule has 1 aromatic heterocycles. The van der Waals surface area contributed by atoms with Gasteiger partial charge in [-0.25, -0.2) is 4.39 Å². The summed E-state index contributed by atoms with van der Waals surface area (Å²) >= 11 is 6.09. The summed E-state index contributed by atoms with van der Waals surface area (Å²) in [5.74, 6) is 0.301. The molecule has 23 heavy (non-hydrogen) atoms. The molecule has 0 unspecified atom stereocenters. The van der Waals surface area contributed by atoms with E-state index < -0.39 is 0 Å². The number of hydrogen-bond acceptors (Lipinski definition) is 5. The Bertz CT molecular complexity index is 840. The van der Waals surface area contributed by atoms with Crippen LogP contribution in [0.3, 0.4) is 0 Å². The maximum atomic E-state index is 13.7. The van der Waals surface area contributed by atoms with Crippen LogP contribution in [0.15, 0.2) is 48.7 Å². The quantitative estimate of drug-likeness (QED) is 0.740. The van der Waals surface area contributed by atoms with Gasteiger partial charge < -0.3 is 10.6 Å². The maximum absolute atomic E-state index is 13.7. The van der Waals surface area contributed by atoms with Gasteiger partial charge in [-0.15, -0.1) is 5.10 Å². The van der Waals surface area contributed by atoms with E-state index in [9.17, 15) is 4.39 Å². The van der Waals surface area contributed by atoms with Crippen LogP contribution in [0.1, 0.15) is 5.56 Å². The van der Waals surface area contributed by atoms with Gasteiger partial charge in [-0.2, -0.15) is 10.1 Å². The summed E-state index contributed by atoms with van der Waals surface area (Å²) in [4.78, 5) is 4.27. The third kappa shape index (κ3) is 3.54. The molecule has 0 saturated carbocycles. The number of aromatic nitrogens is 3. The number of nitrogens with one attached hydrogen (secondary N) is 2. The van der Waals surface area contributed by atoms with Crippen LogP contribution in [0.5, 0.6) is 0 Å². The summed E-state index contributed by atoms with van der Waals surface area (Å²) in [7, 11) is 0. The molecule has 1 heterocycles. The Balaban J connectivity index is 1.83. The van der Waals surface area contributed by atoms with E-state index in [-0.39, 0.29) is 11.8 Å². The average molecular weight is 330 g/mol. The van der Waals surface area contributed by atoms with Gasteiger partial charge in [0, 0.05) is 10.7 Å². The van der Waals surface area contributed by atoms with E-state index in [0.717, 1.165) is 11.3 Å². The number of nitrogens with zero attached hydrogens (tertiary/aromatic N) is 3. The Kier molecular flexibility index (Phi) is 4.34. The van der Waals surface area contributed by atoms with E-state index in [2.05, 4.69) is 25.8 Å². The predicted molar refractivity (Wildman–Crippen MR) is 89.0 cm³/mol. The van der Waals surface area contributed by atoms with Crippen LogP contribution in [0, 0.1) is 12.7 Å². The molecule has 0 fully saturated rings. The van der Waals surface area contributed by atoms with Gasteiger partial charge >= 0.3 is 0 Å². The van der Waals surface area contributed by atoms with Crippen molar-refractivity contribution >= 4 is 34.7 Å². The lowest BCUT2D eigenvalue weighted by Gasteiger charge is -2.10. The Morgan fingerprint density at radius 3 is 2.61 bits per heavy atom. The molecule has 0 aliphatic heterocycles. The molecule has 5 nitrogen and oxygen atoms in total. The highest BCUT2D eigenvalue weighted by atomic mass is 35.5. The van der Waals surface area contributed by atoms with Crippen LogP contribution in [-0.4, -0.2) is 15.2 Å². The molecule has 116 valence electrons. The summed E-state index contributed by atoms with van der Waals surface area (Å²) in [6.45, 7) is 1.89. The number of para-hydroxylation sites is 1. The highest BCUT2D eigenvalue weighted by Crippen LogP contribution is 2.25. The minimum absolute atomic E-state index is 0.289. The van der Waals surface area contributed by atoms with Crippen LogP contribution in [0.25, 0.3) is 0 Å². The van der Waals surface area contributed by atoms with Crippen molar-refractivity contribution < 1.29 is 4.39 Å². The lowest BCUT2D eigenvalue weighted by atomic mass is 10.2. The Labute approximate surface area is 137 Å². The molecule has 0 atom stereocenters. The molecule has 0 amide bonds. The maximum Gasteiger partial charge on any atom is 0.249 e. The minimum Gasteiger partial charge on any atom is -0.336 e. The van der Waals surface area contributed by atoms with Crippen molar-refractivity contribution in [3.05, 3.63) is 65.1 Å². The molecule has 0 bridgehead atoms. The number of halogens is 2. The van der Waals surface area contributed by atoms with Gasteiger partial charge in [0.25, 0.3) is 0 Å². The lowest BCUT2D eigenvalue weighted by Crippen LogP contribution is -2.04. The molecule has 3 aromatic rings. The van der Waals surface area contributed by atoms with Crippen LogP contribution < -0.4 is 10.6 Å². The zero-order valence-corrected chi connectivity index (χ0v) is 13.0. The molecule has 7 heteroatoms. The molecule has 2 aromatic carbocycles. The predicted octanol–water partition coefficient (Wildman–Crippen LogP) is 4.46. The van der Waals surface area contributed by atoms with Crippen molar-refractivity contribution in [3.63, 3.8) is 0 Å². The van der Waals surface area contributed by atoms with Gasteiger partial charge in [0.15, 0.2) is 5.82 Å². The molecule has 3 rings (SSSR count). The average Bonchev–Trinajstić information content (AvgIpc) is 2.55. The summed E-state index contributed by atoms with van der Waals surface area (Å²) in [6, 6.07) is 11.8. The number of hydrogen-bond donors (Lipinski definition) is 2. The van der Waals surface area contributed by atoms with Gasteiger partial charge in [-0.3, -0.25) is 0 Å². The minimum atomic E-state index is -0.369. The molecule has 0 aliphatic carbocycles. The second-order valence-corrected chi connectivity index (χ2v) is 5.21. The largest absolute Gasteiger partial charge is 0.336 e. The number of anilines is 4. The molecular weight excluding hydrogens is 317 g/mol. The lowest BCUT2D eigenvalue weighted by molar-refractivity contribution is 0.632. The third-order valence-corrected chi connectivity index (χ3v) is 3.62. The van der Waals surface area contributed by atoms with Gasteiger partial charge in [0.05, 0.1) is 11.9 Å². The summed E-state index contributed by atoms with van der Waals surface area (Å²) in [5, 5.41) is 14.3. The van der Waals surface area contributed by atoms with Crippen LogP contribution in [-0.2, 0) is 0 Å². The van der Waals surface area contributed by atoms with E-state index in [1.807, 2.05) is 19.1 Å². The fourth-order valence-electron chi connectivity index (χ4n) is 1.98. The van der Waals surface area contributed by atoms with E-state index in [4.69, 9.17) is 11.6 Å². The van der Waals surface area contributed by atoms with Gasteiger partial charge in [-0.05, 0) is 36.8 Å². The topological polar surface area (TPSA) is 62.7 Å². The van der Waals surface area contributed by atoms with Gasteiger partial charge in [-0.1, -0.05) is 29.8 Å². The molecular formula is C16H13ClFN5. The van der Waals surface area contributed by atoms with Crippen LogP contribution >= 0.6 is 11.6 Å². The monoisotopic (exact) mass is 329 g/mol. The zero-order chi connectivity index (χ0) is 16.2. The summed E-state index contributed by atoms with van der Waals surface area (Å²) < 4.78 is 13.7. The first kappa shape index (κ1) is 15.2. The first-order valence-corrected chi connectivity index (χ1v) is 7.24. The highest BCUT2D eigenvalue weighted by Gasteiger charge is 2.07. The first-order chi connectivity index (χ1) is 11.1. The smallest absolute Gasteiger partial charge is 0.249 e. The van der Waals surface area contributed by atoms with Crippen molar-refractivity contribution in [2.24, 2.45) is 0 Å². The Morgan fingerprint density at radius 2 is 1.78 bits per heavy atom. The molecule has 0 saturated heterocycles. The normalized spacial score (nSPS) is 10.4. The second kappa shape index (κ2) is 6.58. The fourth-order valence-corrected chi connectivity index (χ4v) is 2.16. The zero-order valence-electron chi connectivity index (χ0n) is 12.2. The van der Waals surface area contributed by atoms with Crippen LogP contribution in [0.4, 0.5) is 27.5 Å². The van der Waals surface area contributed by atoms with Crippen molar-refractivity contribution in [3.8, 4) is 0 Å². The van der Waals surface area contributed by atoms with Crippen molar-refractivity contribution in [1.82, 2.24) is 15.2 Å². The Morgan fingerprint density at radius 1 is 1.00 bits per heavy atom. The SMILES string of the molecule is Cc1c(Cl)cccc1Nc1nncc(Nc2ccccc2F)n1. The fraction of sp³-hybridized carbons (Fsp3) is 0.0625. The molecule has 0 radical (unpaired) electrons. The second-order valence-electron chi connectivity index (χ2n) is 4.81. The van der Waals surface area contributed by atoms with E-state index >= 15 is 0 Å². The third-order valence-electron chi connectivity index (χ3n) is 3.21. The van der Waals surface area contributed by atoms with Crippen molar-refractivity contribution in [2.75, 3.05) is 10.6 Å². The Hall–Kier alpha value is -2.73. The van der Waals surface area contributed by atoms with E-state index in [1.165, 1.54) is 12.3 Å². The molecule has 2 N–H and O–H groups in total. The molecule has 0 spiro atoms. The number of benzene rings is 2. The number of rotatable bonds is 4.